The second kappa shape index (κ2) is 5.87. The minimum Gasteiger partial charge on any atom is -0.377 e. The molecule has 126 valence electrons. The fraction of sp³-hybridized carbons (Fsp3) is 0.611. The molecule has 1 aromatic rings. The van der Waals surface area contributed by atoms with Crippen LogP contribution in [0.4, 0.5) is 4.39 Å². The van der Waals surface area contributed by atoms with Gasteiger partial charge in [-0.1, -0.05) is 26.0 Å². The number of ether oxygens (including phenoxy) is 1. The molecule has 1 aliphatic heterocycles. The summed E-state index contributed by atoms with van der Waals surface area (Å²) in [6.07, 6.45) is 2.63. The molecule has 1 aliphatic carbocycles. The van der Waals surface area contributed by atoms with E-state index in [0.717, 1.165) is 25.0 Å². The number of carbonyl (C=O) groups is 1. The Morgan fingerprint density at radius 2 is 2.09 bits per heavy atom. The molecule has 2 fully saturated rings. The van der Waals surface area contributed by atoms with Gasteiger partial charge in [-0.2, -0.15) is 0 Å². The first-order valence-electron chi connectivity index (χ1n) is 8.30. The minimum absolute atomic E-state index is 0.0732. The molecule has 23 heavy (non-hydrogen) atoms. The third-order valence-electron chi connectivity index (χ3n) is 5.67. The van der Waals surface area contributed by atoms with E-state index in [-0.39, 0.29) is 29.2 Å². The van der Waals surface area contributed by atoms with E-state index >= 15 is 0 Å². The molecule has 3 unspecified atom stereocenters. The molecule has 1 saturated carbocycles. The summed E-state index contributed by atoms with van der Waals surface area (Å²) in [6.45, 7) is 5.28. The summed E-state index contributed by atoms with van der Waals surface area (Å²) in [5.74, 6) is -0.258. The van der Waals surface area contributed by atoms with E-state index < -0.39 is 5.54 Å². The van der Waals surface area contributed by atoms with E-state index in [4.69, 9.17) is 10.5 Å². The molecule has 3 rings (SSSR count). The minimum atomic E-state index is -0.874. The quantitative estimate of drug-likeness (QED) is 0.892. The van der Waals surface area contributed by atoms with Crippen molar-refractivity contribution < 1.29 is 13.9 Å². The summed E-state index contributed by atoms with van der Waals surface area (Å²) in [4.78, 5) is 12.7. The Labute approximate surface area is 136 Å². The van der Waals surface area contributed by atoms with Gasteiger partial charge in [0.15, 0.2) is 0 Å². The molecular formula is C18H25FN2O2. The maximum atomic E-state index is 12.9. The maximum absolute atomic E-state index is 12.9. The standard InChI is InChI=1S/C18H25FN2O2/c1-17(2)15-14(4-3-11-23-15)18(17,20)16(22)21-10-9-12-5-7-13(19)8-6-12/h5-8,14-15H,3-4,9-11,20H2,1-2H3,(H,21,22). The molecule has 2 aliphatic rings. The third-order valence-corrected chi connectivity index (χ3v) is 5.67. The number of carbonyl (C=O) groups excluding carboxylic acids is 1. The lowest BCUT2D eigenvalue weighted by Gasteiger charge is -2.65. The second-order valence-electron chi connectivity index (χ2n) is 7.26. The number of amides is 1. The highest BCUT2D eigenvalue weighted by Crippen LogP contribution is 2.57. The van der Waals surface area contributed by atoms with Crippen LogP contribution in [0, 0.1) is 17.2 Å². The summed E-state index contributed by atoms with van der Waals surface area (Å²) < 4.78 is 18.7. The number of fused-ring (bicyclic) bond motifs is 1. The normalized spacial score (nSPS) is 31.8. The number of hydrogen-bond acceptors (Lipinski definition) is 3. The van der Waals surface area contributed by atoms with Crippen LogP contribution in [0.3, 0.4) is 0 Å². The summed E-state index contributed by atoms with van der Waals surface area (Å²) >= 11 is 0. The lowest BCUT2D eigenvalue weighted by molar-refractivity contribution is -0.225. The van der Waals surface area contributed by atoms with Crippen molar-refractivity contribution in [3.63, 3.8) is 0 Å². The molecule has 0 spiro atoms. The number of nitrogens with two attached hydrogens (primary N) is 1. The highest BCUT2D eigenvalue weighted by atomic mass is 19.1. The van der Waals surface area contributed by atoms with Gasteiger partial charge in [-0.3, -0.25) is 4.79 Å². The summed E-state index contributed by atoms with van der Waals surface area (Å²) in [6, 6.07) is 6.33. The van der Waals surface area contributed by atoms with Gasteiger partial charge in [-0.15, -0.1) is 0 Å². The van der Waals surface area contributed by atoms with E-state index in [1.807, 2.05) is 13.8 Å². The van der Waals surface area contributed by atoms with Crippen molar-refractivity contribution in [2.45, 2.75) is 44.8 Å². The average molecular weight is 320 g/mol. The lowest BCUT2D eigenvalue weighted by atomic mass is 9.46. The molecule has 1 amide bonds. The first kappa shape index (κ1) is 16.4. The van der Waals surface area contributed by atoms with Crippen LogP contribution in [0.25, 0.3) is 0 Å². The second-order valence-corrected chi connectivity index (χ2v) is 7.26. The Morgan fingerprint density at radius 3 is 2.78 bits per heavy atom. The summed E-state index contributed by atoms with van der Waals surface area (Å²) in [7, 11) is 0. The maximum Gasteiger partial charge on any atom is 0.241 e. The van der Waals surface area contributed by atoms with Gasteiger partial charge >= 0.3 is 0 Å². The Balaban J connectivity index is 1.60. The van der Waals surface area contributed by atoms with Gasteiger partial charge in [0, 0.05) is 24.5 Å². The topological polar surface area (TPSA) is 64.3 Å². The lowest BCUT2D eigenvalue weighted by Crippen LogP contribution is -2.82. The first-order chi connectivity index (χ1) is 10.9. The van der Waals surface area contributed by atoms with Gasteiger partial charge < -0.3 is 15.8 Å². The van der Waals surface area contributed by atoms with Crippen molar-refractivity contribution in [1.29, 1.82) is 0 Å². The van der Waals surface area contributed by atoms with Crippen molar-refractivity contribution in [1.82, 2.24) is 5.32 Å². The fourth-order valence-electron chi connectivity index (χ4n) is 4.15. The largest absolute Gasteiger partial charge is 0.377 e. The van der Waals surface area contributed by atoms with Crippen LogP contribution in [-0.4, -0.2) is 30.7 Å². The average Bonchev–Trinajstić information content (AvgIpc) is 2.55. The van der Waals surface area contributed by atoms with Crippen molar-refractivity contribution in [2.24, 2.45) is 17.1 Å². The van der Waals surface area contributed by atoms with E-state index in [1.165, 1.54) is 12.1 Å². The van der Waals surface area contributed by atoms with Crippen LogP contribution in [0.1, 0.15) is 32.3 Å². The van der Waals surface area contributed by atoms with Crippen LogP contribution in [0.5, 0.6) is 0 Å². The Kier molecular flexibility index (Phi) is 4.19. The smallest absolute Gasteiger partial charge is 0.241 e. The first-order valence-corrected chi connectivity index (χ1v) is 8.30. The van der Waals surface area contributed by atoms with Gasteiger partial charge in [-0.25, -0.2) is 4.39 Å². The van der Waals surface area contributed by atoms with Gasteiger partial charge in [0.1, 0.15) is 11.4 Å². The number of halogens is 1. The zero-order chi connectivity index (χ0) is 16.7. The predicted octanol–water partition coefficient (Wildman–Crippen LogP) is 2.02. The molecule has 0 aromatic heterocycles. The Morgan fingerprint density at radius 1 is 1.39 bits per heavy atom. The third kappa shape index (κ3) is 2.56. The van der Waals surface area contributed by atoms with Gasteiger partial charge in [-0.05, 0) is 37.0 Å². The van der Waals surface area contributed by atoms with E-state index in [0.29, 0.717) is 13.0 Å². The molecule has 5 heteroatoms. The SMILES string of the molecule is CC1(C)C2OCCCC2C1(N)C(=O)NCCc1ccc(F)cc1. The van der Waals surface area contributed by atoms with Gasteiger partial charge in [0.05, 0.1) is 6.10 Å². The molecular weight excluding hydrogens is 295 g/mol. The summed E-state index contributed by atoms with van der Waals surface area (Å²) in [5.41, 5.74) is 6.29. The zero-order valence-corrected chi connectivity index (χ0v) is 13.8. The molecule has 0 radical (unpaired) electrons. The Hall–Kier alpha value is -1.46. The monoisotopic (exact) mass is 320 g/mol. The molecule has 1 aromatic carbocycles. The molecule has 1 heterocycles. The van der Waals surface area contributed by atoms with E-state index in [1.54, 1.807) is 12.1 Å². The fourth-order valence-corrected chi connectivity index (χ4v) is 4.15. The highest BCUT2D eigenvalue weighted by molar-refractivity contribution is 5.89. The van der Waals surface area contributed by atoms with Crippen molar-refractivity contribution in [3.8, 4) is 0 Å². The summed E-state index contributed by atoms with van der Waals surface area (Å²) in [5, 5.41) is 2.96. The van der Waals surface area contributed by atoms with Gasteiger partial charge in [0.2, 0.25) is 5.91 Å². The van der Waals surface area contributed by atoms with Crippen LogP contribution >= 0.6 is 0 Å². The van der Waals surface area contributed by atoms with Crippen molar-refractivity contribution in [3.05, 3.63) is 35.6 Å². The zero-order valence-electron chi connectivity index (χ0n) is 13.8. The number of rotatable bonds is 4. The number of nitrogens with one attached hydrogen (secondary N) is 1. The van der Waals surface area contributed by atoms with Gasteiger partial charge in [0.25, 0.3) is 0 Å². The highest BCUT2D eigenvalue weighted by Gasteiger charge is 2.70. The molecule has 4 nitrogen and oxygen atoms in total. The van der Waals surface area contributed by atoms with Crippen LogP contribution in [0.15, 0.2) is 24.3 Å². The predicted molar refractivity (Wildman–Crippen MR) is 86.3 cm³/mol. The molecule has 0 bridgehead atoms. The number of benzene rings is 1. The van der Waals surface area contributed by atoms with Crippen LogP contribution < -0.4 is 11.1 Å². The number of hydrogen-bond donors (Lipinski definition) is 2. The van der Waals surface area contributed by atoms with E-state index in [2.05, 4.69) is 5.32 Å². The van der Waals surface area contributed by atoms with Crippen molar-refractivity contribution in [2.75, 3.05) is 13.2 Å². The van der Waals surface area contributed by atoms with E-state index in [9.17, 15) is 9.18 Å². The van der Waals surface area contributed by atoms with Crippen LogP contribution in [-0.2, 0) is 16.0 Å². The van der Waals surface area contributed by atoms with Crippen LogP contribution in [0.2, 0.25) is 0 Å². The molecule has 1 saturated heterocycles. The molecule has 3 atom stereocenters. The Bertz CT molecular complexity index is 587. The van der Waals surface area contributed by atoms with Crippen molar-refractivity contribution >= 4 is 5.91 Å². The molecule has 3 N–H and O–H groups in total.